The standard InChI is InChI=1S/C54H34N2/c1-3-13-35(14-4-1)51-34-52(56-54(55-51)37-15-5-2-6-16-37)44-24-10-23-43(30-44)49-32-40-18-8-7-17-39(40)31-48(49)42-22-9-21-38(29-42)41-27-28-45-46-25-11-19-36-20-12-26-47(53(36)46)50(45)33-41/h1-34H. The van der Waals surface area contributed by atoms with E-state index in [9.17, 15) is 0 Å². The van der Waals surface area contributed by atoms with Crippen LogP contribution in [0, 0.1) is 0 Å². The zero-order chi connectivity index (χ0) is 37.0. The third-order valence-corrected chi connectivity index (χ3v) is 11.2. The third kappa shape index (κ3) is 5.51. The van der Waals surface area contributed by atoms with Crippen LogP contribution in [0.15, 0.2) is 206 Å². The summed E-state index contributed by atoms with van der Waals surface area (Å²) in [4.78, 5) is 10.2. The average Bonchev–Trinajstić information content (AvgIpc) is 3.60. The summed E-state index contributed by atoms with van der Waals surface area (Å²) in [6, 6.07) is 74.1. The highest BCUT2D eigenvalue weighted by molar-refractivity contribution is 6.15. The summed E-state index contributed by atoms with van der Waals surface area (Å²) < 4.78 is 0. The fourth-order valence-electron chi connectivity index (χ4n) is 8.47. The van der Waals surface area contributed by atoms with Crippen LogP contribution in [-0.2, 0) is 0 Å². The lowest BCUT2D eigenvalue weighted by Gasteiger charge is -2.15. The molecular formula is C54H34N2. The molecule has 0 bridgehead atoms. The Morgan fingerprint density at radius 2 is 0.714 bits per heavy atom. The lowest BCUT2D eigenvalue weighted by molar-refractivity contribution is 1.18. The second-order valence-electron chi connectivity index (χ2n) is 14.6. The zero-order valence-electron chi connectivity index (χ0n) is 30.5. The number of nitrogens with zero attached hydrogens (tertiary/aromatic N) is 2. The monoisotopic (exact) mass is 710 g/mol. The van der Waals surface area contributed by atoms with Gasteiger partial charge in [-0.25, -0.2) is 9.97 Å². The SMILES string of the molecule is c1ccc(-c2cc(-c3cccc(-c4cc5ccccc5cc4-c4cccc(-c5ccc6c(c5)-c5cccc7cccc-6c57)c4)c3)nc(-c3ccccc3)n2)cc1. The third-order valence-electron chi connectivity index (χ3n) is 11.2. The Bertz CT molecular complexity index is 3060. The predicted octanol–water partition coefficient (Wildman–Crippen LogP) is 14.4. The van der Waals surface area contributed by atoms with E-state index in [1.807, 2.05) is 24.3 Å². The molecule has 1 aliphatic rings. The molecule has 0 unspecified atom stereocenters. The normalized spacial score (nSPS) is 11.6. The lowest BCUT2D eigenvalue weighted by atomic mass is 9.89. The number of hydrogen-bond donors (Lipinski definition) is 0. The van der Waals surface area contributed by atoms with Gasteiger partial charge in [-0.1, -0.05) is 170 Å². The summed E-state index contributed by atoms with van der Waals surface area (Å²) in [5.74, 6) is 0.711. The first-order valence-corrected chi connectivity index (χ1v) is 19.1. The van der Waals surface area contributed by atoms with E-state index in [-0.39, 0.29) is 0 Å². The van der Waals surface area contributed by atoms with Crippen molar-refractivity contribution in [3.8, 4) is 89.5 Å². The van der Waals surface area contributed by atoms with Crippen molar-refractivity contribution in [1.82, 2.24) is 9.97 Å². The van der Waals surface area contributed by atoms with E-state index in [4.69, 9.17) is 9.97 Å². The molecule has 0 atom stereocenters. The largest absolute Gasteiger partial charge is 0.228 e. The Kier molecular flexibility index (Phi) is 7.53. The Balaban J connectivity index is 1.04. The summed E-state index contributed by atoms with van der Waals surface area (Å²) in [7, 11) is 0. The lowest BCUT2D eigenvalue weighted by Crippen LogP contribution is -1.96. The van der Waals surface area contributed by atoms with Crippen molar-refractivity contribution < 1.29 is 0 Å². The van der Waals surface area contributed by atoms with Gasteiger partial charge in [-0.2, -0.15) is 0 Å². The average molecular weight is 711 g/mol. The van der Waals surface area contributed by atoms with Crippen LogP contribution in [0.2, 0.25) is 0 Å². The molecule has 11 rings (SSSR count). The maximum Gasteiger partial charge on any atom is 0.160 e. The number of rotatable bonds is 6. The van der Waals surface area contributed by atoms with Crippen LogP contribution in [0.5, 0.6) is 0 Å². The fraction of sp³-hybridized carbons (Fsp3) is 0. The van der Waals surface area contributed by atoms with E-state index in [0.29, 0.717) is 5.82 Å². The van der Waals surface area contributed by atoms with Gasteiger partial charge in [0.2, 0.25) is 0 Å². The summed E-state index contributed by atoms with van der Waals surface area (Å²) in [5.41, 5.74) is 17.2. The number of aromatic nitrogens is 2. The van der Waals surface area contributed by atoms with Crippen molar-refractivity contribution in [3.63, 3.8) is 0 Å². The first-order valence-electron chi connectivity index (χ1n) is 19.1. The minimum atomic E-state index is 0.711. The quantitative estimate of drug-likeness (QED) is 0.172. The molecule has 0 radical (unpaired) electrons. The van der Waals surface area contributed by atoms with Crippen LogP contribution in [0.3, 0.4) is 0 Å². The maximum atomic E-state index is 5.15. The Morgan fingerprint density at radius 1 is 0.232 bits per heavy atom. The minimum Gasteiger partial charge on any atom is -0.228 e. The van der Waals surface area contributed by atoms with Crippen LogP contribution in [-0.4, -0.2) is 9.97 Å². The molecule has 0 aliphatic heterocycles. The molecule has 0 spiro atoms. The molecule has 9 aromatic carbocycles. The van der Waals surface area contributed by atoms with Crippen molar-refractivity contribution in [1.29, 1.82) is 0 Å². The summed E-state index contributed by atoms with van der Waals surface area (Å²) in [5, 5.41) is 5.07. The first-order chi connectivity index (χ1) is 27.7. The van der Waals surface area contributed by atoms with Gasteiger partial charge in [0.25, 0.3) is 0 Å². The van der Waals surface area contributed by atoms with Gasteiger partial charge >= 0.3 is 0 Å². The molecule has 0 saturated heterocycles. The van der Waals surface area contributed by atoms with Crippen molar-refractivity contribution >= 4 is 21.5 Å². The number of benzene rings is 9. The van der Waals surface area contributed by atoms with Crippen molar-refractivity contribution in [2.45, 2.75) is 0 Å². The van der Waals surface area contributed by atoms with Gasteiger partial charge < -0.3 is 0 Å². The minimum absolute atomic E-state index is 0.711. The molecule has 1 aromatic heterocycles. The first kappa shape index (κ1) is 32.0. The second-order valence-corrected chi connectivity index (χ2v) is 14.6. The molecule has 0 amide bonds. The van der Waals surface area contributed by atoms with Crippen LogP contribution >= 0.6 is 0 Å². The molecule has 1 heterocycles. The van der Waals surface area contributed by atoms with E-state index >= 15 is 0 Å². The molecule has 2 heteroatoms. The summed E-state index contributed by atoms with van der Waals surface area (Å²) in [6.45, 7) is 0. The van der Waals surface area contributed by atoms with Crippen LogP contribution < -0.4 is 0 Å². The molecule has 0 N–H and O–H groups in total. The van der Waals surface area contributed by atoms with Gasteiger partial charge in [-0.05, 0) is 114 Å². The van der Waals surface area contributed by atoms with Crippen molar-refractivity contribution in [2.75, 3.05) is 0 Å². The topological polar surface area (TPSA) is 25.8 Å². The van der Waals surface area contributed by atoms with Gasteiger partial charge in [-0.3, -0.25) is 0 Å². The molecule has 0 saturated carbocycles. The molecule has 260 valence electrons. The Hall–Kier alpha value is -7.42. The van der Waals surface area contributed by atoms with Crippen LogP contribution in [0.4, 0.5) is 0 Å². The van der Waals surface area contributed by atoms with Gasteiger partial charge in [-0.15, -0.1) is 0 Å². The molecular weight excluding hydrogens is 677 g/mol. The smallest absolute Gasteiger partial charge is 0.160 e. The fourth-order valence-corrected chi connectivity index (χ4v) is 8.47. The van der Waals surface area contributed by atoms with Gasteiger partial charge in [0.1, 0.15) is 0 Å². The summed E-state index contributed by atoms with van der Waals surface area (Å²) in [6.07, 6.45) is 0. The van der Waals surface area contributed by atoms with E-state index in [2.05, 4.69) is 182 Å². The van der Waals surface area contributed by atoms with Gasteiger partial charge in [0.05, 0.1) is 11.4 Å². The molecule has 0 fully saturated rings. The van der Waals surface area contributed by atoms with Crippen LogP contribution in [0.25, 0.3) is 111 Å². The molecule has 56 heavy (non-hydrogen) atoms. The van der Waals surface area contributed by atoms with E-state index in [1.165, 1.54) is 71.6 Å². The predicted molar refractivity (Wildman–Crippen MR) is 234 cm³/mol. The van der Waals surface area contributed by atoms with E-state index in [1.54, 1.807) is 0 Å². The number of hydrogen-bond acceptors (Lipinski definition) is 2. The van der Waals surface area contributed by atoms with Gasteiger partial charge in [0, 0.05) is 16.7 Å². The Labute approximate surface area is 326 Å². The highest BCUT2D eigenvalue weighted by Gasteiger charge is 2.22. The Morgan fingerprint density at radius 3 is 1.39 bits per heavy atom. The highest BCUT2D eigenvalue weighted by Crippen LogP contribution is 2.48. The molecule has 10 aromatic rings. The second kappa shape index (κ2) is 13.2. The van der Waals surface area contributed by atoms with E-state index < -0.39 is 0 Å². The van der Waals surface area contributed by atoms with Crippen LogP contribution in [0.1, 0.15) is 0 Å². The van der Waals surface area contributed by atoms with Gasteiger partial charge in [0.15, 0.2) is 5.82 Å². The highest BCUT2D eigenvalue weighted by atomic mass is 14.9. The van der Waals surface area contributed by atoms with Crippen molar-refractivity contribution in [3.05, 3.63) is 206 Å². The number of fused-ring (bicyclic) bond motifs is 4. The van der Waals surface area contributed by atoms with E-state index in [0.717, 1.165) is 33.6 Å². The molecule has 2 nitrogen and oxygen atoms in total. The van der Waals surface area contributed by atoms with Crippen molar-refractivity contribution in [2.24, 2.45) is 0 Å². The maximum absolute atomic E-state index is 5.15. The molecule has 1 aliphatic carbocycles. The summed E-state index contributed by atoms with van der Waals surface area (Å²) >= 11 is 0. The zero-order valence-corrected chi connectivity index (χ0v) is 30.5.